The Morgan fingerprint density at radius 3 is 2.54 bits per heavy atom. The lowest BCUT2D eigenvalue weighted by Crippen LogP contribution is -2.49. The number of ether oxygens (including phenoxy) is 1. The van der Waals surface area contributed by atoms with Crippen LogP contribution >= 0.6 is 0 Å². The number of benzene rings is 2. The second kappa shape index (κ2) is 12.1. The van der Waals surface area contributed by atoms with Gasteiger partial charge in [-0.3, -0.25) is 19.4 Å². The second-order valence-electron chi connectivity index (χ2n) is 9.95. The van der Waals surface area contributed by atoms with Crippen LogP contribution in [-0.4, -0.2) is 73.1 Å². The van der Waals surface area contributed by atoms with Crippen molar-refractivity contribution in [2.45, 2.75) is 37.4 Å². The van der Waals surface area contributed by atoms with Gasteiger partial charge in [-0.1, -0.05) is 6.92 Å². The molecular formula is C28H33FN4O5S. The fourth-order valence-corrected chi connectivity index (χ4v) is 5.55. The predicted octanol–water partition coefficient (Wildman–Crippen LogP) is 3.37. The van der Waals surface area contributed by atoms with Crippen molar-refractivity contribution in [3.63, 3.8) is 0 Å². The maximum atomic E-state index is 13.6. The molecule has 0 unspecified atom stereocenters. The first-order valence-electron chi connectivity index (χ1n) is 12.7. The number of hydrogen-bond donors (Lipinski definition) is 2. The largest absolute Gasteiger partial charge is 0.488 e. The lowest BCUT2D eigenvalue weighted by atomic mass is 9.99. The minimum absolute atomic E-state index is 0.0624. The number of anilines is 1. The third kappa shape index (κ3) is 6.92. The fourth-order valence-electron chi connectivity index (χ4n) is 4.50. The number of amides is 1. The lowest BCUT2D eigenvalue weighted by Gasteiger charge is -2.38. The van der Waals surface area contributed by atoms with E-state index in [1.54, 1.807) is 30.3 Å². The third-order valence-corrected chi connectivity index (χ3v) is 8.13. The zero-order valence-corrected chi connectivity index (χ0v) is 22.9. The summed E-state index contributed by atoms with van der Waals surface area (Å²) in [4.78, 5) is 21.3. The molecule has 0 aliphatic carbocycles. The summed E-state index contributed by atoms with van der Waals surface area (Å²) in [5.41, 5.74) is 1.45. The molecule has 11 heteroatoms. The molecule has 1 aliphatic heterocycles. The third-order valence-electron chi connectivity index (χ3n) is 6.73. The van der Waals surface area contributed by atoms with Crippen LogP contribution < -0.4 is 9.46 Å². The number of carbonyl (C=O) groups is 1. The van der Waals surface area contributed by atoms with Gasteiger partial charge in [-0.05, 0) is 74.1 Å². The van der Waals surface area contributed by atoms with Gasteiger partial charge in [-0.2, -0.15) is 0 Å². The van der Waals surface area contributed by atoms with E-state index in [-0.39, 0.29) is 40.7 Å². The van der Waals surface area contributed by atoms with E-state index in [0.29, 0.717) is 25.4 Å². The molecule has 2 heterocycles. The van der Waals surface area contributed by atoms with Crippen LogP contribution in [0, 0.1) is 11.7 Å². The summed E-state index contributed by atoms with van der Waals surface area (Å²) in [5.74, 6) is -0.655. The highest BCUT2D eigenvalue weighted by Gasteiger charge is 2.33. The summed E-state index contributed by atoms with van der Waals surface area (Å²) < 4.78 is 47.9. The number of aliphatic hydroxyl groups is 1. The van der Waals surface area contributed by atoms with Crippen LogP contribution in [0.25, 0.3) is 0 Å². The zero-order valence-electron chi connectivity index (χ0n) is 22.1. The lowest BCUT2D eigenvalue weighted by molar-refractivity contribution is 0.0341. The van der Waals surface area contributed by atoms with E-state index in [1.807, 2.05) is 26.1 Å². The Labute approximate surface area is 228 Å². The highest BCUT2D eigenvalue weighted by molar-refractivity contribution is 7.92. The minimum atomic E-state index is -4.02. The van der Waals surface area contributed by atoms with Gasteiger partial charge < -0.3 is 14.7 Å². The van der Waals surface area contributed by atoms with E-state index in [4.69, 9.17) is 4.74 Å². The summed E-state index contributed by atoms with van der Waals surface area (Å²) >= 11 is 0. The number of fused-ring (bicyclic) bond motifs is 1. The fraction of sp³-hybridized carbons (Fsp3) is 0.357. The molecule has 1 aliphatic rings. The van der Waals surface area contributed by atoms with Gasteiger partial charge in [-0.15, -0.1) is 0 Å². The molecule has 39 heavy (non-hydrogen) atoms. The summed E-state index contributed by atoms with van der Waals surface area (Å²) in [5, 5.41) is 9.87. The van der Waals surface area contributed by atoms with Gasteiger partial charge in [-0.25, -0.2) is 12.8 Å². The van der Waals surface area contributed by atoms with Crippen LogP contribution in [0.4, 0.5) is 10.1 Å². The van der Waals surface area contributed by atoms with Gasteiger partial charge in [0.2, 0.25) is 0 Å². The number of aliphatic hydroxyl groups excluding tert-OH is 1. The van der Waals surface area contributed by atoms with Gasteiger partial charge in [0.1, 0.15) is 17.7 Å². The van der Waals surface area contributed by atoms with Crippen LogP contribution in [0.15, 0.2) is 71.9 Å². The van der Waals surface area contributed by atoms with Crippen LogP contribution in [0.5, 0.6) is 5.75 Å². The molecule has 0 saturated carbocycles. The van der Waals surface area contributed by atoms with Gasteiger partial charge in [0.25, 0.3) is 15.9 Å². The Hall–Kier alpha value is -3.54. The van der Waals surface area contributed by atoms with Crippen LogP contribution in [0.1, 0.15) is 29.8 Å². The summed E-state index contributed by atoms with van der Waals surface area (Å²) in [6.07, 6.45) is 3.20. The first-order chi connectivity index (χ1) is 18.6. The van der Waals surface area contributed by atoms with Gasteiger partial charge in [0, 0.05) is 43.6 Å². The number of pyridine rings is 1. The number of aromatic nitrogens is 1. The summed E-state index contributed by atoms with van der Waals surface area (Å²) in [6, 6.07) is 12.4. The van der Waals surface area contributed by atoms with Crippen molar-refractivity contribution < 1.29 is 27.4 Å². The van der Waals surface area contributed by atoms with Crippen molar-refractivity contribution in [2.24, 2.45) is 5.92 Å². The van der Waals surface area contributed by atoms with E-state index in [2.05, 4.69) is 14.6 Å². The number of rotatable bonds is 9. The molecule has 3 aromatic rings. The SMILES string of the molecule is C[C@@H]1CN([C@@H](C)CO)C(=O)c2cc(NS(=O)(=O)c3ccc(F)cc3)ccc2O[C@H]1CN(C)Cc1ccncc1. The molecule has 0 fully saturated rings. The molecule has 2 N–H and O–H groups in total. The molecular weight excluding hydrogens is 523 g/mol. The summed E-state index contributed by atoms with van der Waals surface area (Å²) in [7, 11) is -2.03. The smallest absolute Gasteiger partial charge is 0.261 e. The number of nitrogens with zero attached hydrogens (tertiary/aromatic N) is 3. The van der Waals surface area contributed by atoms with Gasteiger partial charge >= 0.3 is 0 Å². The van der Waals surface area contributed by atoms with Crippen molar-refractivity contribution in [1.82, 2.24) is 14.8 Å². The van der Waals surface area contributed by atoms with Crippen molar-refractivity contribution in [3.05, 3.63) is 83.9 Å². The van der Waals surface area contributed by atoms with E-state index in [0.717, 1.165) is 17.7 Å². The number of carbonyl (C=O) groups excluding carboxylic acids is 1. The Balaban J connectivity index is 1.63. The van der Waals surface area contributed by atoms with E-state index in [1.165, 1.54) is 24.3 Å². The highest BCUT2D eigenvalue weighted by atomic mass is 32.2. The van der Waals surface area contributed by atoms with Crippen molar-refractivity contribution in [2.75, 3.05) is 31.5 Å². The van der Waals surface area contributed by atoms with Crippen LogP contribution in [0.2, 0.25) is 0 Å². The van der Waals surface area contributed by atoms with Crippen LogP contribution in [0.3, 0.4) is 0 Å². The molecule has 0 bridgehead atoms. The quantitative estimate of drug-likeness (QED) is 0.416. The molecule has 3 atom stereocenters. The highest BCUT2D eigenvalue weighted by Crippen LogP contribution is 2.31. The first-order valence-corrected chi connectivity index (χ1v) is 14.1. The van der Waals surface area contributed by atoms with Crippen molar-refractivity contribution in [3.8, 4) is 5.75 Å². The Morgan fingerprint density at radius 2 is 1.87 bits per heavy atom. The average molecular weight is 557 g/mol. The number of hydrogen-bond acceptors (Lipinski definition) is 7. The number of halogens is 1. The molecule has 0 spiro atoms. The molecule has 0 saturated heterocycles. The topological polar surface area (TPSA) is 112 Å². The van der Waals surface area contributed by atoms with Gasteiger partial charge in [0.05, 0.1) is 23.1 Å². The molecule has 1 amide bonds. The molecule has 1 aromatic heterocycles. The van der Waals surface area contributed by atoms with Gasteiger partial charge in [0.15, 0.2) is 0 Å². The molecule has 0 radical (unpaired) electrons. The normalized spacial score (nSPS) is 18.6. The molecule has 2 aromatic carbocycles. The number of likely N-dealkylation sites (N-methyl/N-ethyl adjacent to an activating group) is 1. The van der Waals surface area contributed by atoms with Crippen molar-refractivity contribution in [1.29, 1.82) is 0 Å². The first kappa shape index (κ1) is 28.5. The maximum absolute atomic E-state index is 13.6. The standard InChI is InChI=1S/C28H33FN4O5S/c1-19-15-33(20(2)18-34)28(35)25-14-23(31-39(36,37)24-7-4-22(29)5-8-24)6-9-26(25)38-27(19)17-32(3)16-21-10-12-30-13-11-21/h4-14,19-20,27,31,34H,15-18H2,1-3H3/t19-,20+,27+/m1/s1. The monoisotopic (exact) mass is 556 g/mol. The van der Waals surface area contributed by atoms with E-state index >= 15 is 0 Å². The summed E-state index contributed by atoms with van der Waals surface area (Å²) in [6.45, 7) is 5.14. The minimum Gasteiger partial charge on any atom is -0.488 e. The van der Waals surface area contributed by atoms with Crippen LogP contribution in [-0.2, 0) is 16.6 Å². The average Bonchev–Trinajstić information content (AvgIpc) is 2.91. The molecule has 208 valence electrons. The predicted molar refractivity (Wildman–Crippen MR) is 145 cm³/mol. The Kier molecular flexibility index (Phi) is 8.83. The second-order valence-corrected chi connectivity index (χ2v) is 11.6. The number of sulfonamides is 1. The molecule has 4 rings (SSSR count). The Bertz CT molecular complexity index is 1390. The Morgan fingerprint density at radius 1 is 1.18 bits per heavy atom. The van der Waals surface area contributed by atoms with E-state index in [9.17, 15) is 22.7 Å². The van der Waals surface area contributed by atoms with Crippen molar-refractivity contribution >= 4 is 21.6 Å². The molecule has 9 nitrogen and oxygen atoms in total. The zero-order chi connectivity index (χ0) is 28.2. The number of nitrogens with one attached hydrogen (secondary N) is 1. The van der Waals surface area contributed by atoms with E-state index < -0.39 is 21.9 Å². The maximum Gasteiger partial charge on any atom is 0.261 e.